The summed E-state index contributed by atoms with van der Waals surface area (Å²) in [5, 5.41) is 20.1. The van der Waals surface area contributed by atoms with Crippen molar-refractivity contribution >= 4 is 22.5 Å². The van der Waals surface area contributed by atoms with E-state index < -0.39 is 0 Å². The lowest BCUT2D eigenvalue weighted by Gasteiger charge is -2.09. The van der Waals surface area contributed by atoms with Crippen LogP contribution in [0.5, 0.6) is 0 Å². The van der Waals surface area contributed by atoms with Crippen LogP contribution in [0.3, 0.4) is 0 Å². The Labute approximate surface area is 150 Å². The van der Waals surface area contributed by atoms with Gasteiger partial charge >= 0.3 is 0 Å². The highest BCUT2D eigenvalue weighted by Gasteiger charge is 2.12. The smallest absolute Gasteiger partial charge is 0.0885 e. The van der Waals surface area contributed by atoms with Crippen LogP contribution in [0.25, 0.3) is 22.2 Å². The van der Waals surface area contributed by atoms with Crippen molar-refractivity contribution in [3.8, 4) is 11.3 Å². The number of rotatable bonds is 4. The summed E-state index contributed by atoms with van der Waals surface area (Å²) in [7, 11) is 1.92. The second-order valence-corrected chi connectivity index (χ2v) is 6.38. The van der Waals surface area contributed by atoms with Crippen molar-refractivity contribution in [1.82, 2.24) is 19.6 Å². The maximum atomic E-state index is 9.50. The van der Waals surface area contributed by atoms with E-state index >= 15 is 0 Å². The highest BCUT2D eigenvalue weighted by Crippen LogP contribution is 2.27. The lowest BCUT2D eigenvalue weighted by molar-refractivity contribution is 0.275. The Balaban J connectivity index is 1.80. The van der Waals surface area contributed by atoms with Gasteiger partial charge in [-0.3, -0.25) is 9.36 Å². The number of nitrogens with zero attached hydrogens (tertiary/aromatic N) is 4. The molecule has 0 amide bonds. The summed E-state index contributed by atoms with van der Waals surface area (Å²) in [6.07, 6.45) is 1.85. The molecule has 1 N–H and O–H groups in total. The van der Waals surface area contributed by atoms with Crippen LogP contribution < -0.4 is 0 Å². The molecule has 0 saturated carbocycles. The standard InChI is InChI=1S/C19H17ClN4O/c1-23-18-7-6-13(8-15(18)10-21-23)19-9-16(12-25)22-24(19)11-14-4-2-3-5-17(14)20/h2-10,25H,11-12H2,1H3. The van der Waals surface area contributed by atoms with E-state index in [1.807, 2.05) is 65.1 Å². The Morgan fingerprint density at radius 1 is 1.12 bits per heavy atom. The first-order chi connectivity index (χ1) is 12.2. The molecule has 4 rings (SSSR count). The summed E-state index contributed by atoms with van der Waals surface area (Å²) in [5.74, 6) is 0. The number of aryl methyl sites for hydroxylation is 1. The minimum absolute atomic E-state index is 0.0995. The van der Waals surface area contributed by atoms with E-state index in [4.69, 9.17) is 11.6 Å². The summed E-state index contributed by atoms with van der Waals surface area (Å²) in [4.78, 5) is 0. The number of fused-ring (bicyclic) bond motifs is 1. The van der Waals surface area contributed by atoms with Crippen LogP contribution in [0.2, 0.25) is 5.02 Å². The second kappa shape index (κ2) is 6.35. The molecule has 6 heteroatoms. The fraction of sp³-hybridized carbons (Fsp3) is 0.158. The molecule has 0 radical (unpaired) electrons. The zero-order chi connectivity index (χ0) is 17.4. The first kappa shape index (κ1) is 15.9. The van der Waals surface area contributed by atoms with E-state index in [0.29, 0.717) is 17.3 Å². The maximum Gasteiger partial charge on any atom is 0.0885 e. The Kier molecular flexibility index (Phi) is 4.03. The minimum Gasteiger partial charge on any atom is -0.390 e. The molecule has 4 aromatic rings. The van der Waals surface area contributed by atoms with Gasteiger partial charge in [-0.25, -0.2) is 0 Å². The fourth-order valence-corrected chi connectivity index (χ4v) is 3.21. The largest absolute Gasteiger partial charge is 0.390 e. The molecular weight excluding hydrogens is 336 g/mol. The molecule has 0 bridgehead atoms. The van der Waals surface area contributed by atoms with Crippen LogP contribution in [-0.4, -0.2) is 24.7 Å². The van der Waals surface area contributed by atoms with Crippen LogP contribution >= 0.6 is 11.6 Å². The van der Waals surface area contributed by atoms with Gasteiger partial charge < -0.3 is 5.11 Å². The van der Waals surface area contributed by atoms with Gasteiger partial charge in [-0.2, -0.15) is 10.2 Å². The number of hydrogen-bond acceptors (Lipinski definition) is 3. The number of aliphatic hydroxyl groups is 1. The molecular formula is C19H17ClN4O. The summed E-state index contributed by atoms with van der Waals surface area (Å²) in [5.41, 5.74) is 4.66. The van der Waals surface area contributed by atoms with Crippen molar-refractivity contribution in [2.45, 2.75) is 13.2 Å². The van der Waals surface area contributed by atoms with Gasteiger partial charge in [0.1, 0.15) is 0 Å². The van der Waals surface area contributed by atoms with E-state index in [1.165, 1.54) is 0 Å². The van der Waals surface area contributed by atoms with Crippen LogP contribution in [0, 0.1) is 0 Å². The molecule has 2 heterocycles. The predicted octanol–water partition coefficient (Wildman–Crippen LogP) is 3.63. The summed E-state index contributed by atoms with van der Waals surface area (Å²) >= 11 is 6.29. The molecule has 126 valence electrons. The van der Waals surface area contributed by atoms with Crippen LogP contribution in [0.1, 0.15) is 11.3 Å². The van der Waals surface area contributed by atoms with Gasteiger partial charge in [0.05, 0.1) is 36.3 Å². The number of aliphatic hydroxyl groups excluding tert-OH is 1. The van der Waals surface area contributed by atoms with E-state index in [0.717, 1.165) is 27.7 Å². The van der Waals surface area contributed by atoms with E-state index in [2.05, 4.69) is 16.3 Å². The van der Waals surface area contributed by atoms with Crippen molar-refractivity contribution in [3.63, 3.8) is 0 Å². The minimum atomic E-state index is -0.0995. The summed E-state index contributed by atoms with van der Waals surface area (Å²) in [6, 6.07) is 15.8. The third-order valence-electron chi connectivity index (χ3n) is 4.31. The quantitative estimate of drug-likeness (QED) is 0.610. The SMILES string of the molecule is Cn1ncc2cc(-c3cc(CO)nn3Cc3ccccc3Cl)ccc21. The normalized spacial score (nSPS) is 11.3. The maximum absolute atomic E-state index is 9.50. The fourth-order valence-electron chi connectivity index (χ4n) is 3.01. The van der Waals surface area contributed by atoms with Crippen molar-refractivity contribution in [1.29, 1.82) is 0 Å². The highest BCUT2D eigenvalue weighted by molar-refractivity contribution is 6.31. The highest BCUT2D eigenvalue weighted by atomic mass is 35.5. The van der Waals surface area contributed by atoms with Crippen LogP contribution in [0.15, 0.2) is 54.7 Å². The van der Waals surface area contributed by atoms with Crippen molar-refractivity contribution < 1.29 is 5.11 Å². The van der Waals surface area contributed by atoms with Crippen molar-refractivity contribution in [2.24, 2.45) is 7.05 Å². The van der Waals surface area contributed by atoms with Crippen LogP contribution in [0.4, 0.5) is 0 Å². The van der Waals surface area contributed by atoms with Gasteiger partial charge in [-0.1, -0.05) is 35.9 Å². The third-order valence-corrected chi connectivity index (χ3v) is 4.68. The number of hydrogen-bond donors (Lipinski definition) is 1. The molecule has 0 aliphatic rings. The number of halogens is 1. The first-order valence-electron chi connectivity index (χ1n) is 7.99. The third kappa shape index (κ3) is 2.92. The molecule has 2 aromatic carbocycles. The van der Waals surface area contributed by atoms with E-state index in [1.54, 1.807) is 0 Å². The van der Waals surface area contributed by atoms with Gasteiger partial charge in [0, 0.05) is 23.0 Å². The zero-order valence-electron chi connectivity index (χ0n) is 13.7. The lowest BCUT2D eigenvalue weighted by atomic mass is 10.1. The van der Waals surface area contributed by atoms with E-state index in [9.17, 15) is 5.11 Å². The average molecular weight is 353 g/mol. The Hall–Kier alpha value is -2.63. The van der Waals surface area contributed by atoms with Gasteiger partial charge in [0.15, 0.2) is 0 Å². The Morgan fingerprint density at radius 3 is 2.76 bits per heavy atom. The van der Waals surface area contributed by atoms with Gasteiger partial charge in [-0.05, 0) is 29.8 Å². The zero-order valence-corrected chi connectivity index (χ0v) is 14.5. The molecule has 2 aromatic heterocycles. The van der Waals surface area contributed by atoms with Crippen molar-refractivity contribution in [2.75, 3.05) is 0 Å². The van der Waals surface area contributed by atoms with E-state index in [-0.39, 0.29) is 6.61 Å². The molecule has 0 aliphatic heterocycles. The van der Waals surface area contributed by atoms with Gasteiger partial charge in [-0.15, -0.1) is 0 Å². The van der Waals surface area contributed by atoms with Gasteiger partial charge in [0.2, 0.25) is 0 Å². The number of aromatic nitrogens is 4. The molecule has 0 fully saturated rings. The molecule has 25 heavy (non-hydrogen) atoms. The second-order valence-electron chi connectivity index (χ2n) is 5.97. The monoisotopic (exact) mass is 352 g/mol. The summed E-state index contributed by atoms with van der Waals surface area (Å²) < 4.78 is 3.73. The molecule has 0 atom stereocenters. The molecule has 0 unspecified atom stereocenters. The van der Waals surface area contributed by atoms with Gasteiger partial charge in [0.25, 0.3) is 0 Å². The van der Waals surface area contributed by atoms with Crippen molar-refractivity contribution in [3.05, 3.63) is 71.0 Å². The molecule has 0 aliphatic carbocycles. The average Bonchev–Trinajstić information content (AvgIpc) is 3.20. The summed E-state index contributed by atoms with van der Waals surface area (Å²) in [6.45, 7) is 0.442. The Bertz CT molecular complexity index is 1050. The lowest BCUT2D eigenvalue weighted by Crippen LogP contribution is -2.05. The molecule has 0 spiro atoms. The number of benzene rings is 2. The van der Waals surface area contributed by atoms with Crippen LogP contribution in [-0.2, 0) is 20.2 Å². The predicted molar refractivity (Wildman–Crippen MR) is 98.4 cm³/mol. The Morgan fingerprint density at radius 2 is 1.96 bits per heavy atom. The molecule has 0 saturated heterocycles. The molecule has 5 nitrogen and oxygen atoms in total. The topological polar surface area (TPSA) is 55.9 Å². The first-order valence-corrected chi connectivity index (χ1v) is 8.36.